The Bertz CT molecular complexity index is 1280. The van der Waals surface area contributed by atoms with Crippen molar-refractivity contribution in [3.8, 4) is 16.9 Å². The molecule has 7 heteroatoms. The van der Waals surface area contributed by atoms with E-state index in [2.05, 4.69) is 10.3 Å². The maximum atomic E-state index is 13.1. The van der Waals surface area contributed by atoms with Gasteiger partial charge in [0.15, 0.2) is 5.11 Å². The zero-order valence-corrected chi connectivity index (χ0v) is 17.2. The molecule has 0 unspecified atom stereocenters. The van der Waals surface area contributed by atoms with Gasteiger partial charge in [-0.2, -0.15) is 5.10 Å². The van der Waals surface area contributed by atoms with Gasteiger partial charge >= 0.3 is 0 Å². The molecule has 0 bridgehead atoms. The van der Waals surface area contributed by atoms with Gasteiger partial charge in [0.2, 0.25) is 0 Å². The lowest BCUT2D eigenvalue weighted by atomic mass is 10.1. The van der Waals surface area contributed by atoms with Gasteiger partial charge in [-0.25, -0.2) is 4.68 Å². The van der Waals surface area contributed by atoms with Crippen molar-refractivity contribution in [3.63, 3.8) is 0 Å². The lowest BCUT2D eigenvalue weighted by molar-refractivity contribution is -0.113. The highest BCUT2D eigenvalue weighted by molar-refractivity contribution is 7.80. The van der Waals surface area contributed by atoms with Crippen LogP contribution in [0.1, 0.15) is 5.56 Å². The zero-order valence-electron chi connectivity index (χ0n) is 16.3. The second-order valence-electron chi connectivity index (χ2n) is 6.92. The first-order chi connectivity index (χ1) is 15.2. The standard InChI is InChI=1S/C24H17N5OS/c30-23-21(26-24(31)29(23)20-11-5-2-6-12-20)14-18-16-28(19-9-3-1-4-10-19)27-22(18)17-8-7-13-25-15-17/h1-16H,(H,26,31). The number of aromatic nitrogens is 3. The number of nitrogens with zero attached hydrogens (tertiary/aromatic N) is 4. The van der Waals surface area contributed by atoms with Gasteiger partial charge < -0.3 is 5.32 Å². The Kier molecular flexibility index (Phi) is 4.86. The van der Waals surface area contributed by atoms with E-state index in [4.69, 9.17) is 17.3 Å². The van der Waals surface area contributed by atoms with E-state index in [-0.39, 0.29) is 5.91 Å². The van der Waals surface area contributed by atoms with E-state index >= 15 is 0 Å². The summed E-state index contributed by atoms with van der Waals surface area (Å²) in [4.78, 5) is 18.8. The van der Waals surface area contributed by atoms with E-state index in [0.717, 1.165) is 28.2 Å². The van der Waals surface area contributed by atoms with E-state index in [9.17, 15) is 4.79 Å². The van der Waals surface area contributed by atoms with Gasteiger partial charge in [-0.15, -0.1) is 0 Å². The number of amides is 1. The molecule has 31 heavy (non-hydrogen) atoms. The van der Waals surface area contributed by atoms with Crippen molar-refractivity contribution in [3.05, 3.63) is 103 Å². The summed E-state index contributed by atoms with van der Waals surface area (Å²) in [5, 5.41) is 8.15. The molecule has 0 atom stereocenters. The summed E-state index contributed by atoms with van der Waals surface area (Å²) in [6, 6.07) is 23.0. The molecule has 150 valence electrons. The van der Waals surface area contributed by atoms with Crippen LogP contribution in [0.3, 0.4) is 0 Å². The Labute approximate surface area is 184 Å². The van der Waals surface area contributed by atoms with Crippen molar-refractivity contribution in [1.29, 1.82) is 0 Å². The van der Waals surface area contributed by atoms with Crippen molar-refractivity contribution >= 4 is 35.0 Å². The van der Waals surface area contributed by atoms with Gasteiger partial charge in [-0.3, -0.25) is 14.7 Å². The summed E-state index contributed by atoms with van der Waals surface area (Å²) >= 11 is 5.42. The van der Waals surface area contributed by atoms with Crippen LogP contribution in [0.2, 0.25) is 0 Å². The third-order valence-corrected chi connectivity index (χ3v) is 5.18. The van der Waals surface area contributed by atoms with Crippen molar-refractivity contribution < 1.29 is 4.79 Å². The van der Waals surface area contributed by atoms with Crippen LogP contribution < -0.4 is 10.2 Å². The highest BCUT2D eigenvalue weighted by Gasteiger charge is 2.32. The van der Waals surface area contributed by atoms with Crippen LogP contribution in [0.25, 0.3) is 23.0 Å². The summed E-state index contributed by atoms with van der Waals surface area (Å²) in [6.45, 7) is 0. The minimum Gasteiger partial charge on any atom is -0.327 e. The molecule has 0 aliphatic carbocycles. The van der Waals surface area contributed by atoms with Gasteiger partial charge in [0.25, 0.3) is 5.91 Å². The SMILES string of the molecule is O=C1C(=Cc2cn(-c3ccccc3)nc2-c2cccnc2)NC(=S)N1c1ccccc1. The van der Waals surface area contributed by atoms with Crippen LogP contribution in [-0.2, 0) is 4.79 Å². The zero-order chi connectivity index (χ0) is 21.2. The first-order valence-electron chi connectivity index (χ1n) is 9.68. The first-order valence-corrected chi connectivity index (χ1v) is 10.1. The van der Waals surface area contributed by atoms with E-state index < -0.39 is 0 Å². The Morgan fingerprint density at radius 3 is 2.29 bits per heavy atom. The molecule has 1 saturated heterocycles. The summed E-state index contributed by atoms with van der Waals surface area (Å²) < 4.78 is 1.79. The highest BCUT2D eigenvalue weighted by Crippen LogP contribution is 2.27. The normalized spacial score (nSPS) is 14.8. The summed E-state index contributed by atoms with van der Waals surface area (Å²) in [5.74, 6) is -0.208. The molecule has 3 heterocycles. The lowest BCUT2D eigenvalue weighted by Gasteiger charge is -2.13. The molecule has 2 aromatic heterocycles. The van der Waals surface area contributed by atoms with Crippen molar-refractivity contribution in [2.75, 3.05) is 4.90 Å². The Balaban J connectivity index is 1.58. The molecular weight excluding hydrogens is 406 g/mol. The number of hydrogen-bond acceptors (Lipinski definition) is 4. The Morgan fingerprint density at radius 1 is 0.903 bits per heavy atom. The van der Waals surface area contributed by atoms with Crippen LogP contribution in [0.4, 0.5) is 5.69 Å². The third-order valence-electron chi connectivity index (χ3n) is 4.89. The second-order valence-corrected chi connectivity index (χ2v) is 7.31. The van der Waals surface area contributed by atoms with Crippen LogP contribution in [0.5, 0.6) is 0 Å². The van der Waals surface area contributed by atoms with Gasteiger partial charge in [-0.05, 0) is 54.7 Å². The van der Waals surface area contributed by atoms with Crippen LogP contribution in [0.15, 0.2) is 97.1 Å². The number of pyridine rings is 1. The average Bonchev–Trinajstić information content (AvgIpc) is 3.36. The average molecular weight is 424 g/mol. The number of rotatable bonds is 4. The number of benzene rings is 2. The van der Waals surface area contributed by atoms with Gasteiger partial charge in [-0.1, -0.05) is 36.4 Å². The largest absolute Gasteiger partial charge is 0.327 e. The minimum absolute atomic E-state index is 0.208. The van der Waals surface area contributed by atoms with Gasteiger partial charge in [0.05, 0.1) is 11.4 Å². The highest BCUT2D eigenvalue weighted by atomic mass is 32.1. The van der Waals surface area contributed by atoms with Crippen molar-refractivity contribution in [2.24, 2.45) is 0 Å². The molecule has 4 aromatic rings. The van der Waals surface area contributed by atoms with Crippen LogP contribution in [0, 0.1) is 0 Å². The fourth-order valence-electron chi connectivity index (χ4n) is 3.44. The Morgan fingerprint density at radius 2 is 1.61 bits per heavy atom. The quantitative estimate of drug-likeness (QED) is 0.394. The fourth-order valence-corrected chi connectivity index (χ4v) is 3.73. The molecule has 1 aliphatic rings. The second kappa shape index (κ2) is 7.97. The molecule has 0 spiro atoms. The number of nitrogens with one attached hydrogen (secondary N) is 1. The molecule has 0 saturated carbocycles. The van der Waals surface area contributed by atoms with Crippen molar-refractivity contribution in [1.82, 2.24) is 20.1 Å². The molecule has 1 N–H and O–H groups in total. The molecule has 1 fully saturated rings. The summed E-state index contributed by atoms with van der Waals surface area (Å²) in [5.41, 5.74) is 4.41. The molecule has 1 aliphatic heterocycles. The monoisotopic (exact) mass is 423 g/mol. The van der Waals surface area contributed by atoms with E-state index in [0.29, 0.717) is 10.8 Å². The number of thiocarbonyl (C=S) groups is 1. The van der Waals surface area contributed by atoms with Gasteiger partial charge in [0.1, 0.15) is 11.4 Å². The third kappa shape index (κ3) is 3.62. The van der Waals surface area contributed by atoms with E-state index in [1.165, 1.54) is 4.90 Å². The molecule has 1 amide bonds. The smallest absolute Gasteiger partial charge is 0.281 e. The maximum Gasteiger partial charge on any atom is 0.281 e. The van der Waals surface area contributed by atoms with E-state index in [1.807, 2.05) is 79.0 Å². The Hall–Kier alpha value is -4.10. The topological polar surface area (TPSA) is 63.1 Å². The van der Waals surface area contributed by atoms with Gasteiger partial charge in [0, 0.05) is 29.7 Å². The first kappa shape index (κ1) is 18.9. The lowest BCUT2D eigenvalue weighted by Crippen LogP contribution is -2.30. The number of carbonyl (C=O) groups is 1. The fraction of sp³-hybridized carbons (Fsp3) is 0. The maximum absolute atomic E-state index is 13.1. The summed E-state index contributed by atoms with van der Waals surface area (Å²) in [7, 11) is 0. The van der Waals surface area contributed by atoms with E-state index in [1.54, 1.807) is 23.2 Å². The number of anilines is 1. The van der Waals surface area contributed by atoms with Crippen LogP contribution in [-0.4, -0.2) is 25.8 Å². The number of carbonyl (C=O) groups excluding carboxylic acids is 1. The molecular formula is C24H17N5OS. The van der Waals surface area contributed by atoms with Crippen LogP contribution >= 0.6 is 12.2 Å². The van der Waals surface area contributed by atoms with Crippen molar-refractivity contribution in [2.45, 2.75) is 0 Å². The minimum atomic E-state index is -0.208. The molecule has 2 aromatic carbocycles. The molecule has 0 radical (unpaired) electrons. The number of hydrogen-bond donors (Lipinski definition) is 1. The number of para-hydroxylation sites is 2. The predicted molar refractivity (Wildman–Crippen MR) is 124 cm³/mol. The molecule has 5 rings (SSSR count). The summed E-state index contributed by atoms with van der Waals surface area (Å²) in [6.07, 6.45) is 7.15. The predicted octanol–water partition coefficient (Wildman–Crippen LogP) is 4.20. The molecule has 6 nitrogen and oxygen atoms in total.